The van der Waals surface area contributed by atoms with Gasteiger partial charge in [0.05, 0.1) is 23.1 Å². The standard InChI is InChI=1S/C13H22N2O4S/c1-4-15-8-12(7-11(15)9-16)20(17,18)14-13(3)5-6-19-10(13)2/h7-8,10,14,16H,4-6,9H2,1-3H3. The molecule has 1 fully saturated rings. The van der Waals surface area contributed by atoms with Crippen molar-refractivity contribution < 1.29 is 18.3 Å². The summed E-state index contributed by atoms with van der Waals surface area (Å²) in [5.74, 6) is 0. The van der Waals surface area contributed by atoms with Crippen LogP contribution in [0.1, 0.15) is 32.9 Å². The average molecular weight is 302 g/mol. The summed E-state index contributed by atoms with van der Waals surface area (Å²) in [6.45, 7) is 6.61. The number of rotatable bonds is 5. The molecular weight excluding hydrogens is 280 g/mol. The van der Waals surface area contributed by atoms with Crippen LogP contribution in [0.2, 0.25) is 0 Å². The highest BCUT2D eigenvalue weighted by molar-refractivity contribution is 7.89. The second kappa shape index (κ2) is 5.48. The first-order valence-corrected chi connectivity index (χ1v) is 8.26. The maximum Gasteiger partial charge on any atom is 0.242 e. The van der Waals surface area contributed by atoms with E-state index in [1.807, 2.05) is 20.8 Å². The van der Waals surface area contributed by atoms with Crippen LogP contribution in [0, 0.1) is 0 Å². The van der Waals surface area contributed by atoms with Gasteiger partial charge < -0.3 is 14.4 Å². The van der Waals surface area contributed by atoms with Crippen LogP contribution in [-0.4, -0.2) is 36.3 Å². The number of aliphatic hydroxyl groups is 1. The largest absolute Gasteiger partial charge is 0.390 e. The molecule has 1 aliphatic rings. The van der Waals surface area contributed by atoms with Crippen molar-refractivity contribution in [1.82, 2.24) is 9.29 Å². The van der Waals surface area contributed by atoms with Gasteiger partial charge in [0.25, 0.3) is 0 Å². The lowest BCUT2D eigenvalue weighted by molar-refractivity contribution is 0.0957. The zero-order valence-electron chi connectivity index (χ0n) is 12.1. The van der Waals surface area contributed by atoms with Gasteiger partial charge in [0.2, 0.25) is 10.0 Å². The predicted octanol–water partition coefficient (Wildman–Crippen LogP) is 0.846. The van der Waals surface area contributed by atoms with Crippen LogP contribution in [0.3, 0.4) is 0 Å². The minimum Gasteiger partial charge on any atom is -0.390 e. The van der Waals surface area contributed by atoms with Crippen molar-refractivity contribution in [1.29, 1.82) is 0 Å². The third-order valence-electron chi connectivity index (χ3n) is 4.03. The van der Waals surface area contributed by atoms with E-state index in [4.69, 9.17) is 4.74 Å². The summed E-state index contributed by atoms with van der Waals surface area (Å²) in [6.07, 6.45) is 2.04. The number of nitrogens with one attached hydrogen (secondary N) is 1. The zero-order chi connectivity index (χ0) is 15.0. The van der Waals surface area contributed by atoms with Gasteiger partial charge in [-0.25, -0.2) is 13.1 Å². The number of sulfonamides is 1. The van der Waals surface area contributed by atoms with Crippen LogP contribution in [-0.2, 0) is 27.9 Å². The first kappa shape index (κ1) is 15.5. The number of hydrogen-bond donors (Lipinski definition) is 2. The van der Waals surface area contributed by atoms with E-state index in [0.717, 1.165) is 0 Å². The Morgan fingerprint density at radius 1 is 1.60 bits per heavy atom. The quantitative estimate of drug-likeness (QED) is 0.845. The van der Waals surface area contributed by atoms with Crippen molar-refractivity contribution in [3.05, 3.63) is 18.0 Å². The Kier molecular flexibility index (Phi) is 4.24. The molecular formula is C13H22N2O4S. The van der Waals surface area contributed by atoms with Crippen LogP contribution >= 0.6 is 0 Å². The molecule has 1 aromatic rings. The summed E-state index contributed by atoms with van der Waals surface area (Å²) in [6, 6.07) is 1.51. The molecule has 1 saturated heterocycles. The highest BCUT2D eigenvalue weighted by Gasteiger charge is 2.40. The molecule has 1 aliphatic heterocycles. The number of aryl methyl sites for hydroxylation is 1. The molecule has 0 aromatic carbocycles. The Morgan fingerprint density at radius 3 is 2.75 bits per heavy atom. The minimum absolute atomic E-state index is 0.164. The molecule has 2 unspecified atom stereocenters. The van der Waals surface area contributed by atoms with Gasteiger partial charge in [0, 0.05) is 25.0 Å². The summed E-state index contributed by atoms with van der Waals surface area (Å²) >= 11 is 0. The van der Waals surface area contributed by atoms with Gasteiger partial charge in [-0.2, -0.15) is 0 Å². The molecule has 2 rings (SSSR count). The highest BCUT2D eigenvalue weighted by Crippen LogP contribution is 2.27. The number of aromatic nitrogens is 1. The zero-order valence-corrected chi connectivity index (χ0v) is 12.9. The molecule has 6 nitrogen and oxygen atoms in total. The fraction of sp³-hybridized carbons (Fsp3) is 0.692. The van der Waals surface area contributed by atoms with Crippen LogP contribution in [0.15, 0.2) is 17.2 Å². The van der Waals surface area contributed by atoms with E-state index in [9.17, 15) is 13.5 Å². The maximum absolute atomic E-state index is 12.5. The molecule has 0 amide bonds. The van der Waals surface area contributed by atoms with E-state index in [2.05, 4.69) is 4.72 Å². The summed E-state index contributed by atoms with van der Waals surface area (Å²) in [5.41, 5.74) is 0.000686. The third-order valence-corrected chi connectivity index (χ3v) is 5.61. The molecule has 0 bridgehead atoms. The van der Waals surface area contributed by atoms with Crippen LogP contribution in [0.5, 0.6) is 0 Å². The fourth-order valence-electron chi connectivity index (χ4n) is 2.43. The van der Waals surface area contributed by atoms with Gasteiger partial charge in [-0.3, -0.25) is 0 Å². The first-order chi connectivity index (χ1) is 9.32. The van der Waals surface area contributed by atoms with Crippen LogP contribution < -0.4 is 4.72 Å². The summed E-state index contributed by atoms with van der Waals surface area (Å²) < 4.78 is 34.9. The van der Waals surface area contributed by atoms with Gasteiger partial charge >= 0.3 is 0 Å². The Balaban J connectivity index is 2.29. The molecule has 20 heavy (non-hydrogen) atoms. The molecule has 0 saturated carbocycles. The van der Waals surface area contributed by atoms with Crippen molar-refractivity contribution in [2.45, 2.75) is 56.9 Å². The molecule has 114 valence electrons. The average Bonchev–Trinajstić information content (AvgIpc) is 2.93. The Labute approximate surface area is 119 Å². The predicted molar refractivity (Wildman–Crippen MR) is 74.8 cm³/mol. The first-order valence-electron chi connectivity index (χ1n) is 6.78. The van der Waals surface area contributed by atoms with E-state index >= 15 is 0 Å². The topological polar surface area (TPSA) is 80.6 Å². The second-order valence-electron chi connectivity index (χ2n) is 5.40. The van der Waals surface area contributed by atoms with Gasteiger partial charge in [-0.15, -0.1) is 0 Å². The van der Waals surface area contributed by atoms with Crippen molar-refractivity contribution >= 4 is 10.0 Å². The van der Waals surface area contributed by atoms with Crippen molar-refractivity contribution in [3.8, 4) is 0 Å². The van der Waals surface area contributed by atoms with Crippen molar-refractivity contribution in [2.75, 3.05) is 6.61 Å². The summed E-state index contributed by atoms with van der Waals surface area (Å²) in [4.78, 5) is 0.184. The summed E-state index contributed by atoms with van der Waals surface area (Å²) in [7, 11) is -3.62. The van der Waals surface area contributed by atoms with E-state index in [-0.39, 0.29) is 17.6 Å². The molecule has 2 heterocycles. The van der Waals surface area contributed by atoms with E-state index in [0.29, 0.717) is 25.3 Å². The Bertz CT molecular complexity index is 560. The second-order valence-corrected chi connectivity index (χ2v) is 7.08. The number of ether oxygens (including phenoxy) is 1. The summed E-state index contributed by atoms with van der Waals surface area (Å²) in [5, 5.41) is 9.25. The Morgan fingerprint density at radius 2 is 2.30 bits per heavy atom. The van der Waals surface area contributed by atoms with Gasteiger partial charge in [0.1, 0.15) is 0 Å². The van der Waals surface area contributed by atoms with Crippen LogP contribution in [0.25, 0.3) is 0 Å². The number of hydrogen-bond acceptors (Lipinski definition) is 4. The number of aliphatic hydroxyl groups excluding tert-OH is 1. The van der Waals surface area contributed by atoms with Gasteiger partial charge in [-0.1, -0.05) is 0 Å². The Hall–Kier alpha value is -0.890. The monoisotopic (exact) mass is 302 g/mol. The lowest BCUT2D eigenvalue weighted by atomic mass is 9.97. The van der Waals surface area contributed by atoms with Crippen molar-refractivity contribution in [2.24, 2.45) is 0 Å². The highest BCUT2D eigenvalue weighted by atomic mass is 32.2. The normalized spacial score (nSPS) is 27.1. The van der Waals surface area contributed by atoms with Gasteiger partial charge in [0.15, 0.2) is 0 Å². The SMILES string of the molecule is CCn1cc(S(=O)(=O)NC2(C)CCOC2C)cc1CO. The number of nitrogens with zero attached hydrogens (tertiary/aromatic N) is 1. The fourth-order valence-corrected chi connectivity index (χ4v) is 3.99. The molecule has 0 radical (unpaired) electrons. The molecule has 0 aliphatic carbocycles. The molecule has 0 spiro atoms. The van der Waals surface area contributed by atoms with Crippen LogP contribution in [0.4, 0.5) is 0 Å². The maximum atomic E-state index is 12.5. The lowest BCUT2D eigenvalue weighted by Crippen LogP contribution is -2.50. The van der Waals surface area contributed by atoms with Gasteiger partial charge in [-0.05, 0) is 33.3 Å². The molecule has 2 N–H and O–H groups in total. The molecule has 2 atom stereocenters. The smallest absolute Gasteiger partial charge is 0.242 e. The molecule has 1 aromatic heterocycles. The third kappa shape index (κ3) is 2.76. The van der Waals surface area contributed by atoms with E-state index in [1.54, 1.807) is 10.8 Å². The van der Waals surface area contributed by atoms with E-state index < -0.39 is 15.6 Å². The van der Waals surface area contributed by atoms with Crippen molar-refractivity contribution in [3.63, 3.8) is 0 Å². The minimum atomic E-state index is -3.62. The molecule has 7 heteroatoms. The van der Waals surface area contributed by atoms with E-state index in [1.165, 1.54) is 6.07 Å². The lowest BCUT2D eigenvalue weighted by Gasteiger charge is -2.28.